The molecule has 1 aliphatic rings. The largest absolute Gasteiger partial charge is 0.480 e. The molecule has 0 radical (unpaired) electrons. The molecular formula is C10H17NO3. The second-order valence-electron chi connectivity index (χ2n) is 4.98. The van der Waals surface area contributed by atoms with Crippen LogP contribution in [0.25, 0.3) is 0 Å². The molecule has 0 aromatic heterocycles. The molecule has 1 N–H and O–H groups in total. The maximum Gasteiger partial charge on any atom is 0.326 e. The predicted molar refractivity (Wildman–Crippen MR) is 51.8 cm³/mol. The first-order chi connectivity index (χ1) is 6.31. The number of hydrogen-bond acceptors (Lipinski definition) is 2. The summed E-state index contributed by atoms with van der Waals surface area (Å²) in [5.41, 5.74) is -0.0479. The van der Waals surface area contributed by atoms with Crippen LogP contribution in [0.3, 0.4) is 0 Å². The summed E-state index contributed by atoms with van der Waals surface area (Å²) in [4.78, 5) is 23.8. The fourth-order valence-electron chi connectivity index (χ4n) is 1.70. The first kappa shape index (κ1) is 11.0. The molecule has 0 bridgehead atoms. The van der Waals surface area contributed by atoms with E-state index in [9.17, 15) is 9.59 Å². The predicted octanol–water partition coefficient (Wildman–Crippen LogP) is 1.11. The zero-order chi connectivity index (χ0) is 10.9. The zero-order valence-electron chi connectivity index (χ0n) is 8.91. The van der Waals surface area contributed by atoms with Crippen LogP contribution in [0, 0.1) is 5.41 Å². The molecule has 14 heavy (non-hydrogen) atoms. The van der Waals surface area contributed by atoms with E-state index in [1.807, 2.05) is 20.8 Å². The van der Waals surface area contributed by atoms with Crippen molar-refractivity contribution in [3.8, 4) is 0 Å². The summed E-state index contributed by atoms with van der Waals surface area (Å²) in [5, 5.41) is 8.90. The molecule has 1 fully saturated rings. The number of carbonyl (C=O) groups excluding carboxylic acids is 1. The van der Waals surface area contributed by atoms with E-state index < -0.39 is 12.0 Å². The maximum absolute atomic E-state index is 11.4. The van der Waals surface area contributed by atoms with Gasteiger partial charge in [0.15, 0.2) is 0 Å². The molecule has 0 saturated carbocycles. The topological polar surface area (TPSA) is 57.6 Å². The van der Waals surface area contributed by atoms with E-state index in [-0.39, 0.29) is 11.3 Å². The van der Waals surface area contributed by atoms with E-state index >= 15 is 0 Å². The van der Waals surface area contributed by atoms with Crippen molar-refractivity contribution in [2.24, 2.45) is 5.41 Å². The van der Waals surface area contributed by atoms with Crippen LogP contribution in [0.15, 0.2) is 0 Å². The second-order valence-corrected chi connectivity index (χ2v) is 4.98. The van der Waals surface area contributed by atoms with Crippen molar-refractivity contribution in [3.05, 3.63) is 0 Å². The smallest absolute Gasteiger partial charge is 0.326 e. The van der Waals surface area contributed by atoms with Crippen LogP contribution in [-0.2, 0) is 9.59 Å². The Hall–Kier alpha value is -1.06. The summed E-state index contributed by atoms with van der Waals surface area (Å²) in [6.45, 7) is 6.51. The highest BCUT2D eigenvalue weighted by molar-refractivity contribution is 5.87. The summed E-state index contributed by atoms with van der Waals surface area (Å²) in [7, 11) is 0. The van der Waals surface area contributed by atoms with Crippen LogP contribution in [-0.4, -0.2) is 34.5 Å². The third-order valence-corrected chi connectivity index (χ3v) is 2.26. The first-order valence-corrected chi connectivity index (χ1v) is 4.83. The van der Waals surface area contributed by atoms with Crippen molar-refractivity contribution in [2.75, 3.05) is 6.54 Å². The molecule has 1 heterocycles. The summed E-state index contributed by atoms with van der Waals surface area (Å²) in [5.74, 6) is -0.924. The van der Waals surface area contributed by atoms with Crippen molar-refractivity contribution in [1.29, 1.82) is 0 Å². The third-order valence-electron chi connectivity index (χ3n) is 2.26. The molecule has 0 aromatic carbocycles. The van der Waals surface area contributed by atoms with Gasteiger partial charge in [0, 0.05) is 13.0 Å². The fourth-order valence-corrected chi connectivity index (χ4v) is 1.70. The Kier molecular flexibility index (Phi) is 2.83. The molecule has 1 unspecified atom stereocenters. The number of carbonyl (C=O) groups is 2. The molecule has 0 aliphatic carbocycles. The lowest BCUT2D eigenvalue weighted by Gasteiger charge is -2.29. The van der Waals surface area contributed by atoms with E-state index in [0.717, 1.165) is 0 Å². The molecule has 1 saturated heterocycles. The number of aliphatic carboxylic acids is 1. The third kappa shape index (κ3) is 2.47. The second kappa shape index (κ2) is 3.59. The van der Waals surface area contributed by atoms with Crippen LogP contribution in [0.1, 0.15) is 33.6 Å². The Morgan fingerprint density at radius 1 is 1.57 bits per heavy atom. The SMILES string of the molecule is CC(C)(C)CN1C(=O)CCC1C(=O)O. The Labute approximate surface area is 83.9 Å². The molecular weight excluding hydrogens is 182 g/mol. The standard InChI is InChI=1S/C10H17NO3/c1-10(2,3)6-11-7(9(13)14)4-5-8(11)12/h7H,4-6H2,1-3H3,(H,13,14). The van der Waals surface area contributed by atoms with Gasteiger partial charge in [0.1, 0.15) is 6.04 Å². The summed E-state index contributed by atoms with van der Waals surface area (Å²) in [6, 6.07) is -0.610. The highest BCUT2D eigenvalue weighted by Crippen LogP contribution is 2.24. The average Bonchev–Trinajstić information content (AvgIpc) is 2.29. The number of nitrogens with zero attached hydrogens (tertiary/aromatic N) is 1. The molecule has 4 heteroatoms. The molecule has 4 nitrogen and oxygen atoms in total. The molecule has 0 spiro atoms. The van der Waals surface area contributed by atoms with Gasteiger partial charge in [-0.15, -0.1) is 0 Å². The highest BCUT2D eigenvalue weighted by atomic mass is 16.4. The average molecular weight is 199 g/mol. The Morgan fingerprint density at radius 2 is 2.14 bits per heavy atom. The lowest BCUT2D eigenvalue weighted by Crippen LogP contribution is -2.43. The van der Waals surface area contributed by atoms with E-state index in [2.05, 4.69) is 0 Å². The van der Waals surface area contributed by atoms with Gasteiger partial charge in [-0.3, -0.25) is 4.79 Å². The Bertz CT molecular complexity index is 255. The minimum absolute atomic E-state index is 0.0349. The molecule has 1 rings (SSSR count). The molecule has 1 amide bonds. The van der Waals surface area contributed by atoms with Gasteiger partial charge >= 0.3 is 5.97 Å². The molecule has 0 aromatic rings. The first-order valence-electron chi connectivity index (χ1n) is 4.83. The summed E-state index contributed by atoms with van der Waals surface area (Å²) < 4.78 is 0. The van der Waals surface area contributed by atoms with Crippen LogP contribution in [0.4, 0.5) is 0 Å². The van der Waals surface area contributed by atoms with Crippen LogP contribution in [0.5, 0.6) is 0 Å². The number of rotatable bonds is 2. The Balaban J connectivity index is 2.72. The zero-order valence-corrected chi connectivity index (χ0v) is 8.91. The van der Waals surface area contributed by atoms with Crippen LogP contribution >= 0.6 is 0 Å². The van der Waals surface area contributed by atoms with E-state index in [0.29, 0.717) is 19.4 Å². The van der Waals surface area contributed by atoms with Gasteiger partial charge in [0.2, 0.25) is 5.91 Å². The van der Waals surface area contributed by atoms with Crippen LogP contribution in [0.2, 0.25) is 0 Å². The number of hydrogen-bond donors (Lipinski definition) is 1. The maximum atomic E-state index is 11.4. The number of likely N-dealkylation sites (tertiary alicyclic amines) is 1. The van der Waals surface area contributed by atoms with Crippen molar-refractivity contribution in [2.45, 2.75) is 39.7 Å². The van der Waals surface area contributed by atoms with E-state index in [1.54, 1.807) is 0 Å². The van der Waals surface area contributed by atoms with Gasteiger partial charge < -0.3 is 10.0 Å². The number of carboxylic acid groups (broad SMARTS) is 1. The van der Waals surface area contributed by atoms with Gasteiger partial charge in [0.05, 0.1) is 0 Å². The quantitative estimate of drug-likeness (QED) is 0.724. The van der Waals surface area contributed by atoms with Gasteiger partial charge in [-0.05, 0) is 11.8 Å². The van der Waals surface area contributed by atoms with Gasteiger partial charge in [-0.2, -0.15) is 0 Å². The van der Waals surface area contributed by atoms with Crippen LogP contribution < -0.4 is 0 Å². The normalized spacial score (nSPS) is 22.9. The monoisotopic (exact) mass is 199 g/mol. The van der Waals surface area contributed by atoms with Crippen molar-refractivity contribution >= 4 is 11.9 Å². The number of amides is 1. The van der Waals surface area contributed by atoms with E-state index in [4.69, 9.17) is 5.11 Å². The lowest BCUT2D eigenvalue weighted by atomic mass is 9.95. The van der Waals surface area contributed by atoms with Crippen molar-refractivity contribution < 1.29 is 14.7 Å². The van der Waals surface area contributed by atoms with E-state index in [1.165, 1.54) is 4.90 Å². The summed E-state index contributed by atoms with van der Waals surface area (Å²) >= 11 is 0. The van der Waals surface area contributed by atoms with Crippen molar-refractivity contribution in [3.63, 3.8) is 0 Å². The Morgan fingerprint density at radius 3 is 2.57 bits per heavy atom. The molecule has 80 valence electrons. The summed E-state index contributed by atoms with van der Waals surface area (Å²) in [6.07, 6.45) is 0.817. The lowest BCUT2D eigenvalue weighted by molar-refractivity contribution is -0.147. The van der Waals surface area contributed by atoms with Crippen molar-refractivity contribution in [1.82, 2.24) is 4.90 Å². The fraction of sp³-hybridized carbons (Fsp3) is 0.800. The minimum Gasteiger partial charge on any atom is -0.480 e. The molecule has 1 aliphatic heterocycles. The van der Waals surface area contributed by atoms with Gasteiger partial charge in [-0.1, -0.05) is 20.8 Å². The molecule has 1 atom stereocenters. The minimum atomic E-state index is -0.889. The highest BCUT2D eigenvalue weighted by Gasteiger charge is 2.37. The van der Waals surface area contributed by atoms with Gasteiger partial charge in [0.25, 0.3) is 0 Å². The number of carboxylic acids is 1. The van der Waals surface area contributed by atoms with Gasteiger partial charge in [-0.25, -0.2) is 4.79 Å².